The summed E-state index contributed by atoms with van der Waals surface area (Å²) in [5.41, 5.74) is 3.62. The van der Waals surface area contributed by atoms with Crippen LogP contribution in [0.4, 0.5) is 5.69 Å². The average molecular weight is 251 g/mol. The molecule has 0 atom stereocenters. The Morgan fingerprint density at radius 1 is 1.00 bits per heavy atom. The number of hydrogen-bond donors (Lipinski definition) is 2. The Labute approximate surface area is 112 Å². The minimum Gasteiger partial charge on any atom is -0.384 e. The van der Waals surface area contributed by atoms with Gasteiger partial charge in [-0.1, -0.05) is 36.4 Å². The molecular formula is C16H17N3. The largest absolute Gasteiger partial charge is 0.384 e. The number of H-pyrrole nitrogens is 1. The quantitative estimate of drug-likeness (QED) is 0.680. The van der Waals surface area contributed by atoms with E-state index in [0.29, 0.717) is 0 Å². The molecular weight excluding hydrogens is 234 g/mol. The van der Waals surface area contributed by atoms with E-state index in [1.165, 1.54) is 5.56 Å². The lowest BCUT2D eigenvalue weighted by atomic mass is 10.1. The average Bonchev–Trinajstić information content (AvgIpc) is 2.94. The molecule has 3 heteroatoms. The van der Waals surface area contributed by atoms with Crippen LogP contribution in [0.25, 0.3) is 10.9 Å². The van der Waals surface area contributed by atoms with Crippen molar-refractivity contribution in [2.75, 3.05) is 11.9 Å². The summed E-state index contributed by atoms with van der Waals surface area (Å²) in [6.07, 6.45) is 4.10. The smallest absolute Gasteiger partial charge is 0.0671 e. The molecule has 0 saturated heterocycles. The van der Waals surface area contributed by atoms with Gasteiger partial charge in [0, 0.05) is 17.6 Å². The Bertz CT molecular complexity index is 643. The summed E-state index contributed by atoms with van der Waals surface area (Å²) < 4.78 is 0. The Morgan fingerprint density at radius 2 is 1.89 bits per heavy atom. The number of aryl methyl sites for hydroxylation is 1. The molecule has 1 heterocycles. The normalized spacial score (nSPS) is 10.7. The zero-order valence-corrected chi connectivity index (χ0v) is 10.8. The summed E-state index contributed by atoms with van der Waals surface area (Å²) in [5, 5.41) is 11.7. The van der Waals surface area contributed by atoms with E-state index in [1.54, 1.807) is 0 Å². The van der Waals surface area contributed by atoms with Gasteiger partial charge in [0.2, 0.25) is 0 Å². The molecule has 96 valence electrons. The van der Waals surface area contributed by atoms with E-state index in [4.69, 9.17) is 0 Å². The topological polar surface area (TPSA) is 40.7 Å². The fraction of sp³-hybridized carbons (Fsp3) is 0.188. The van der Waals surface area contributed by atoms with Crippen LogP contribution in [0.1, 0.15) is 12.0 Å². The van der Waals surface area contributed by atoms with Gasteiger partial charge in [-0.3, -0.25) is 5.10 Å². The number of nitrogens with zero attached hydrogens (tertiary/aromatic N) is 1. The fourth-order valence-corrected chi connectivity index (χ4v) is 2.28. The number of anilines is 1. The second-order valence-corrected chi connectivity index (χ2v) is 4.65. The van der Waals surface area contributed by atoms with Crippen molar-refractivity contribution in [2.24, 2.45) is 0 Å². The summed E-state index contributed by atoms with van der Waals surface area (Å²) >= 11 is 0. The fourth-order valence-electron chi connectivity index (χ4n) is 2.28. The van der Waals surface area contributed by atoms with Crippen LogP contribution in [0.2, 0.25) is 0 Å². The van der Waals surface area contributed by atoms with Crippen molar-refractivity contribution in [3.8, 4) is 0 Å². The molecule has 0 unspecified atom stereocenters. The maximum absolute atomic E-state index is 4.07. The van der Waals surface area contributed by atoms with Gasteiger partial charge in [0.25, 0.3) is 0 Å². The summed E-state index contributed by atoms with van der Waals surface area (Å²) in [5.74, 6) is 0. The molecule has 0 amide bonds. The SMILES string of the molecule is c1ccc(CCCNc2cccc3[nH]ncc23)cc1. The van der Waals surface area contributed by atoms with E-state index in [0.717, 1.165) is 36.0 Å². The first-order valence-corrected chi connectivity index (χ1v) is 6.63. The van der Waals surface area contributed by atoms with Crippen LogP contribution < -0.4 is 5.32 Å². The van der Waals surface area contributed by atoms with Gasteiger partial charge in [0.15, 0.2) is 0 Å². The monoisotopic (exact) mass is 251 g/mol. The molecule has 0 aliphatic heterocycles. The Morgan fingerprint density at radius 3 is 2.79 bits per heavy atom. The molecule has 3 aromatic rings. The van der Waals surface area contributed by atoms with Gasteiger partial charge < -0.3 is 5.32 Å². The van der Waals surface area contributed by atoms with Gasteiger partial charge in [-0.2, -0.15) is 5.10 Å². The third kappa shape index (κ3) is 2.76. The first-order valence-electron chi connectivity index (χ1n) is 6.63. The summed E-state index contributed by atoms with van der Waals surface area (Å²) in [6.45, 7) is 0.971. The molecule has 1 aromatic heterocycles. The first kappa shape index (κ1) is 11.8. The van der Waals surface area contributed by atoms with Crippen LogP contribution in [-0.4, -0.2) is 16.7 Å². The summed E-state index contributed by atoms with van der Waals surface area (Å²) in [4.78, 5) is 0. The molecule has 3 nitrogen and oxygen atoms in total. The third-order valence-corrected chi connectivity index (χ3v) is 3.29. The molecule has 0 fully saturated rings. The van der Waals surface area contributed by atoms with Crippen molar-refractivity contribution in [1.82, 2.24) is 10.2 Å². The predicted molar refractivity (Wildman–Crippen MR) is 79.3 cm³/mol. The number of aromatic amines is 1. The van der Waals surface area contributed by atoms with Gasteiger partial charge in [-0.15, -0.1) is 0 Å². The van der Waals surface area contributed by atoms with Gasteiger partial charge in [0.1, 0.15) is 0 Å². The van der Waals surface area contributed by atoms with Crippen molar-refractivity contribution in [1.29, 1.82) is 0 Å². The number of nitrogens with one attached hydrogen (secondary N) is 2. The van der Waals surface area contributed by atoms with Crippen LogP contribution in [0, 0.1) is 0 Å². The van der Waals surface area contributed by atoms with E-state index in [9.17, 15) is 0 Å². The molecule has 0 radical (unpaired) electrons. The van der Waals surface area contributed by atoms with Gasteiger partial charge in [0.05, 0.1) is 11.7 Å². The zero-order chi connectivity index (χ0) is 12.9. The van der Waals surface area contributed by atoms with Crippen molar-refractivity contribution >= 4 is 16.6 Å². The highest BCUT2D eigenvalue weighted by atomic mass is 15.1. The second kappa shape index (κ2) is 5.57. The lowest BCUT2D eigenvalue weighted by molar-refractivity contribution is 0.864. The molecule has 19 heavy (non-hydrogen) atoms. The Hall–Kier alpha value is -2.29. The third-order valence-electron chi connectivity index (χ3n) is 3.29. The predicted octanol–water partition coefficient (Wildman–Crippen LogP) is 3.61. The van der Waals surface area contributed by atoms with E-state index in [-0.39, 0.29) is 0 Å². The van der Waals surface area contributed by atoms with Crippen LogP contribution in [0.15, 0.2) is 54.7 Å². The number of hydrogen-bond acceptors (Lipinski definition) is 2. The molecule has 0 spiro atoms. The maximum atomic E-state index is 4.07. The van der Waals surface area contributed by atoms with Crippen LogP contribution in [0.5, 0.6) is 0 Å². The van der Waals surface area contributed by atoms with Crippen molar-refractivity contribution in [2.45, 2.75) is 12.8 Å². The second-order valence-electron chi connectivity index (χ2n) is 4.65. The number of aromatic nitrogens is 2. The van der Waals surface area contributed by atoms with E-state index < -0.39 is 0 Å². The van der Waals surface area contributed by atoms with Gasteiger partial charge in [-0.25, -0.2) is 0 Å². The van der Waals surface area contributed by atoms with Crippen LogP contribution in [0.3, 0.4) is 0 Å². The van der Waals surface area contributed by atoms with E-state index in [2.05, 4.69) is 51.9 Å². The number of rotatable bonds is 5. The molecule has 3 rings (SSSR count). The Kier molecular flexibility index (Phi) is 3.45. The van der Waals surface area contributed by atoms with Crippen LogP contribution in [-0.2, 0) is 6.42 Å². The lowest BCUT2D eigenvalue weighted by Crippen LogP contribution is -2.03. The minimum atomic E-state index is 0.971. The molecule has 0 aliphatic rings. The Balaban J connectivity index is 1.57. The lowest BCUT2D eigenvalue weighted by Gasteiger charge is -2.07. The summed E-state index contributed by atoms with van der Waals surface area (Å²) in [6, 6.07) is 16.8. The highest BCUT2D eigenvalue weighted by molar-refractivity contribution is 5.90. The van der Waals surface area contributed by atoms with Crippen molar-refractivity contribution < 1.29 is 0 Å². The first-order chi connectivity index (χ1) is 9.43. The van der Waals surface area contributed by atoms with Crippen LogP contribution >= 0.6 is 0 Å². The molecule has 2 aromatic carbocycles. The van der Waals surface area contributed by atoms with E-state index in [1.807, 2.05) is 18.3 Å². The standard InChI is InChI=1S/C16H17N3/c1-2-6-13(7-3-1)8-5-11-17-15-9-4-10-16-14(15)12-18-19-16/h1-4,6-7,9-10,12,17H,5,8,11H2,(H,18,19). The molecule has 0 aliphatic carbocycles. The van der Waals surface area contributed by atoms with Gasteiger partial charge >= 0.3 is 0 Å². The minimum absolute atomic E-state index is 0.971. The van der Waals surface area contributed by atoms with E-state index >= 15 is 0 Å². The zero-order valence-electron chi connectivity index (χ0n) is 10.8. The highest BCUT2D eigenvalue weighted by Gasteiger charge is 2.01. The summed E-state index contributed by atoms with van der Waals surface area (Å²) in [7, 11) is 0. The molecule has 2 N–H and O–H groups in total. The molecule has 0 saturated carbocycles. The number of fused-ring (bicyclic) bond motifs is 1. The maximum Gasteiger partial charge on any atom is 0.0671 e. The highest BCUT2D eigenvalue weighted by Crippen LogP contribution is 2.20. The molecule has 0 bridgehead atoms. The van der Waals surface area contributed by atoms with Crippen molar-refractivity contribution in [3.63, 3.8) is 0 Å². The van der Waals surface area contributed by atoms with Gasteiger partial charge in [-0.05, 0) is 30.5 Å². The number of benzene rings is 2. The van der Waals surface area contributed by atoms with Crippen molar-refractivity contribution in [3.05, 3.63) is 60.3 Å².